The fourth-order valence-corrected chi connectivity index (χ4v) is 1.92. The molecule has 0 saturated heterocycles. The van der Waals surface area contributed by atoms with Crippen LogP contribution in [0.4, 0.5) is 13.2 Å². The van der Waals surface area contributed by atoms with Crippen molar-refractivity contribution in [2.75, 3.05) is 0 Å². The van der Waals surface area contributed by atoms with E-state index < -0.39 is 23.4 Å². The molecule has 0 radical (unpaired) electrons. The summed E-state index contributed by atoms with van der Waals surface area (Å²) in [5.41, 5.74) is 0.165. The van der Waals surface area contributed by atoms with Gasteiger partial charge >= 0.3 is 5.97 Å². The Morgan fingerprint density at radius 1 is 0.955 bits per heavy atom. The number of carbonyl (C=O) groups excluding carboxylic acids is 1. The Morgan fingerprint density at radius 2 is 1.73 bits per heavy atom. The zero-order valence-electron chi connectivity index (χ0n) is 11.0. The van der Waals surface area contributed by atoms with E-state index in [-0.39, 0.29) is 22.7 Å². The normalized spacial score (nSPS) is 15.9. The first-order chi connectivity index (χ1) is 10.5. The van der Waals surface area contributed by atoms with E-state index in [9.17, 15) is 18.0 Å². The predicted octanol–water partition coefficient (Wildman–Crippen LogP) is 3.45. The molecule has 0 amide bonds. The van der Waals surface area contributed by atoms with Gasteiger partial charge in [0.15, 0.2) is 17.3 Å². The molecule has 0 atom stereocenters. The summed E-state index contributed by atoms with van der Waals surface area (Å²) in [6, 6.07) is 8.84. The van der Waals surface area contributed by atoms with Crippen LogP contribution >= 0.6 is 0 Å². The van der Waals surface area contributed by atoms with Gasteiger partial charge in [0.1, 0.15) is 5.82 Å². The summed E-state index contributed by atoms with van der Waals surface area (Å²) in [5, 5.41) is 0. The molecular formula is C16H8F3NO2. The van der Waals surface area contributed by atoms with Gasteiger partial charge in [-0.3, -0.25) is 0 Å². The van der Waals surface area contributed by atoms with Gasteiger partial charge in [0, 0.05) is 0 Å². The van der Waals surface area contributed by atoms with E-state index in [1.165, 1.54) is 30.3 Å². The molecule has 0 fully saturated rings. The maximum Gasteiger partial charge on any atom is 0.363 e. The lowest BCUT2D eigenvalue weighted by Gasteiger charge is -1.99. The number of ether oxygens (including phenoxy) is 1. The maximum atomic E-state index is 13.6. The number of halogens is 3. The van der Waals surface area contributed by atoms with Gasteiger partial charge in [-0.1, -0.05) is 18.2 Å². The van der Waals surface area contributed by atoms with Gasteiger partial charge in [0.2, 0.25) is 5.90 Å². The van der Waals surface area contributed by atoms with Crippen LogP contribution in [0.15, 0.2) is 53.2 Å². The number of esters is 1. The van der Waals surface area contributed by atoms with Crippen molar-refractivity contribution in [1.82, 2.24) is 0 Å². The van der Waals surface area contributed by atoms with Crippen LogP contribution in [0.2, 0.25) is 0 Å². The Bertz CT molecular complexity index is 828. The number of benzene rings is 2. The second-order valence-electron chi connectivity index (χ2n) is 4.49. The zero-order valence-corrected chi connectivity index (χ0v) is 11.0. The highest BCUT2D eigenvalue weighted by atomic mass is 19.2. The summed E-state index contributed by atoms with van der Waals surface area (Å²) in [6.45, 7) is 0. The van der Waals surface area contributed by atoms with Crippen molar-refractivity contribution in [3.05, 3.63) is 76.7 Å². The molecule has 3 nitrogen and oxygen atoms in total. The molecule has 2 aromatic carbocycles. The van der Waals surface area contributed by atoms with E-state index in [4.69, 9.17) is 4.74 Å². The van der Waals surface area contributed by atoms with Crippen LogP contribution in [-0.2, 0) is 9.53 Å². The van der Waals surface area contributed by atoms with Crippen molar-refractivity contribution in [3.63, 3.8) is 0 Å². The first-order valence-electron chi connectivity index (χ1n) is 6.27. The van der Waals surface area contributed by atoms with Crippen molar-refractivity contribution >= 4 is 17.9 Å². The van der Waals surface area contributed by atoms with Gasteiger partial charge in [-0.15, -0.1) is 0 Å². The third-order valence-electron chi connectivity index (χ3n) is 2.97. The van der Waals surface area contributed by atoms with Crippen LogP contribution in [0, 0.1) is 17.5 Å². The Kier molecular flexibility index (Phi) is 3.50. The minimum absolute atomic E-state index is 0.0459. The standard InChI is InChI=1S/C16H8F3NO2/c17-11-4-2-1-3-10(11)15-20-14(16(21)22-15)8-9-5-6-12(18)13(19)7-9/h1-8H. The molecule has 0 aliphatic carbocycles. The molecule has 3 rings (SSSR count). The van der Waals surface area contributed by atoms with Gasteiger partial charge in [0.25, 0.3) is 0 Å². The summed E-state index contributed by atoms with van der Waals surface area (Å²) >= 11 is 0. The van der Waals surface area contributed by atoms with E-state index >= 15 is 0 Å². The fraction of sp³-hybridized carbons (Fsp3) is 0. The Balaban J connectivity index is 1.98. The quantitative estimate of drug-likeness (QED) is 0.629. The van der Waals surface area contributed by atoms with Crippen LogP contribution < -0.4 is 0 Å². The van der Waals surface area contributed by atoms with Gasteiger partial charge in [-0.2, -0.15) is 0 Å². The maximum absolute atomic E-state index is 13.6. The Labute approximate surface area is 123 Å². The lowest BCUT2D eigenvalue weighted by Crippen LogP contribution is -2.07. The minimum Gasteiger partial charge on any atom is -0.402 e. The van der Waals surface area contributed by atoms with E-state index in [0.717, 1.165) is 12.1 Å². The smallest absolute Gasteiger partial charge is 0.363 e. The highest BCUT2D eigenvalue weighted by Gasteiger charge is 2.25. The molecule has 1 aliphatic heterocycles. The van der Waals surface area contributed by atoms with Crippen molar-refractivity contribution in [2.24, 2.45) is 4.99 Å². The second-order valence-corrected chi connectivity index (χ2v) is 4.49. The van der Waals surface area contributed by atoms with Crippen molar-refractivity contribution in [1.29, 1.82) is 0 Å². The van der Waals surface area contributed by atoms with E-state index in [1.54, 1.807) is 6.07 Å². The summed E-state index contributed by atoms with van der Waals surface area (Å²) < 4.78 is 44.5. The topological polar surface area (TPSA) is 38.7 Å². The number of hydrogen-bond acceptors (Lipinski definition) is 3. The van der Waals surface area contributed by atoms with E-state index in [1.807, 2.05) is 0 Å². The monoisotopic (exact) mass is 303 g/mol. The predicted molar refractivity (Wildman–Crippen MR) is 73.4 cm³/mol. The van der Waals surface area contributed by atoms with Gasteiger partial charge in [0.05, 0.1) is 5.56 Å². The van der Waals surface area contributed by atoms with Gasteiger partial charge < -0.3 is 4.74 Å². The molecule has 0 spiro atoms. The number of rotatable bonds is 2. The number of cyclic esters (lactones) is 1. The number of hydrogen-bond donors (Lipinski definition) is 0. The molecule has 0 aromatic heterocycles. The first kappa shape index (κ1) is 14.1. The molecule has 110 valence electrons. The first-order valence-corrected chi connectivity index (χ1v) is 6.27. The van der Waals surface area contributed by atoms with Crippen molar-refractivity contribution in [3.8, 4) is 0 Å². The van der Waals surface area contributed by atoms with Crippen LogP contribution in [0.5, 0.6) is 0 Å². The number of carbonyl (C=O) groups is 1. The second kappa shape index (κ2) is 5.48. The lowest BCUT2D eigenvalue weighted by molar-refractivity contribution is -0.129. The Morgan fingerprint density at radius 3 is 2.45 bits per heavy atom. The molecule has 1 heterocycles. The van der Waals surface area contributed by atoms with Crippen LogP contribution in [0.25, 0.3) is 6.08 Å². The van der Waals surface area contributed by atoms with Crippen LogP contribution in [0.1, 0.15) is 11.1 Å². The number of aliphatic imine (C=N–C) groups is 1. The highest BCUT2D eigenvalue weighted by molar-refractivity contribution is 6.12. The van der Waals surface area contributed by atoms with Crippen LogP contribution in [0.3, 0.4) is 0 Å². The SMILES string of the molecule is O=C1OC(c2ccccc2F)=NC1=Cc1ccc(F)c(F)c1. The summed E-state index contributed by atoms with van der Waals surface area (Å²) in [7, 11) is 0. The fourth-order valence-electron chi connectivity index (χ4n) is 1.92. The molecular weight excluding hydrogens is 295 g/mol. The van der Waals surface area contributed by atoms with E-state index in [0.29, 0.717) is 0 Å². The lowest BCUT2D eigenvalue weighted by atomic mass is 10.2. The molecule has 0 saturated carbocycles. The number of nitrogens with zero attached hydrogens (tertiary/aromatic N) is 1. The molecule has 22 heavy (non-hydrogen) atoms. The average Bonchev–Trinajstić information content (AvgIpc) is 2.84. The molecule has 0 N–H and O–H groups in total. The van der Waals surface area contributed by atoms with Crippen molar-refractivity contribution < 1.29 is 22.7 Å². The molecule has 1 aliphatic rings. The molecule has 0 unspecified atom stereocenters. The average molecular weight is 303 g/mol. The third kappa shape index (κ3) is 2.63. The highest BCUT2D eigenvalue weighted by Crippen LogP contribution is 2.21. The zero-order chi connectivity index (χ0) is 15.7. The minimum atomic E-state index is -1.04. The summed E-state index contributed by atoms with van der Waals surface area (Å²) in [6.07, 6.45) is 1.23. The van der Waals surface area contributed by atoms with Gasteiger partial charge in [-0.05, 0) is 35.9 Å². The van der Waals surface area contributed by atoms with Gasteiger partial charge in [-0.25, -0.2) is 23.0 Å². The molecule has 2 aromatic rings. The third-order valence-corrected chi connectivity index (χ3v) is 2.97. The molecule has 0 bridgehead atoms. The summed E-state index contributed by atoms with van der Waals surface area (Å²) in [5.74, 6) is -3.58. The molecule has 6 heteroatoms. The van der Waals surface area contributed by atoms with Crippen molar-refractivity contribution in [2.45, 2.75) is 0 Å². The van der Waals surface area contributed by atoms with Crippen LogP contribution in [-0.4, -0.2) is 11.9 Å². The summed E-state index contributed by atoms with van der Waals surface area (Å²) in [4.78, 5) is 15.6. The van der Waals surface area contributed by atoms with E-state index in [2.05, 4.69) is 4.99 Å². The largest absolute Gasteiger partial charge is 0.402 e. The Hall–Kier alpha value is -2.89.